The summed E-state index contributed by atoms with van der Waals surface area (Å²) in [5.74, 6) is -0.350. The average Bonchev–Trinajstić information content (AvgIpc) is 2.65. The zero-order valence-electron chi connectivity index (χ0n) is 13.6. The maximum absolute atomic E-state index is 13.9. The number of nitriles is 1. The maximum atomic E-state index is 13.9. The average molecular weight is 358 g/mol. The maximum Gasteiger partial charge on any atom is 0.253 e. The normalized spacial score (nSPS) is 15.0. The van der Waals surface area contributed by atoms with E-state index in [9.17, 15) is 9.18 Å². The van der Waals surface area contributed by atoms with Crippen LogP contribution < -0.4 is 0 Å². The highest BCUT2D eigenvalue weighted by Gasteiger charge is 2.23. The molecule has 2 aromatic rings. The molecule has 0 spiro atoms. The van der Waals surface area contributed by atoms with Crippen molar-refractivity contribution in [2.45, 2.75) is 6.54 Å². The lowest BCUT2D eigenvalue weighted by Gasteiger charge is -2.35. The third-order valence-corrected chi connectivity index (χ3v) is 4.72. The number of carbonyl (C=O) groups excluding carboxylic acids is 1. The molecule has 0 aliphatic carbocycles. The smallest absolute Gasteiger partial charge is 0.253 e. The summed E-state index contributed by atoms with van der Waals surface area (Å²) in [6.45, 7) is 2.90. The number of hydrogen-bond donors (Lipinski definition) is 0. The van der Waals surface area contributed by atoms with E-state index in [-0.39, 0.29) is 11.7 Å². The highest BCUT2D eigenvalue weighted by atomic mass is 35.5. The number of nitrogens with zero attached hydrogens (tertiary/aromatic N) is 3. The van der Waals surface area contributed by atoms with Crippen LogP contribution >= 0.6 is 11.6 Å². The fourth-order valence-electron chi connectivity index (χ4n) is 2.89. The van der Waals surface area contributed by atoms with E-state index >= 15 is 0 Å². The Morgan fingerprint density at radius 1 is 1.12 bits per heavy atom. The summed E-state index contributed by atoms with van der Waals surface area (Å²) in [5.41, 5.74) is 1.60. The first-order valence-corrected chi connectivity index (χ1v) is 8.41. The second kappa shape index (κ2) is 7.64. The van der Waals surface area contributed by atoms with Gasteiger partial charge in [0, 0.05) is 48.9 Å². The third-order valence-electron chi connectivity index (χ3n) is 4.36. The molecule has 0 unspecified atom stereocenters. The lowest BCUT2D eigenvalue weighted by Crippen LogP contribution is -2.48. The third kappa shape index (κ3) is 3.98. The molecule has 4 nitrogen and oxygen atoms in total. The molecule has 1 aliphatic rings. The highest BCUT2D eigenvalue weighted by molar-refractivity contribution is 6.31. The summed E-state index contributed by atoms with van der Waals surface area (Å²) in [7, 11) is 0. The fraction of sp³-hybridized carbons (Fsp3) is 0.263. The van der Waals surface area contributed by atoms with Gasteiger partial charge in [0.1, 0.15) is 5.82 Å². The van der Waals surface area contributed by atoms with Crippen molar-refractivity contribution < 1.29 is 9.18 Å². The minimum absolute atomic E-state index is 0.0481. The van der Waals surface area contributed by atoms with Crippen molar-refractivity contribution in [1.82, 2.24) is 9.80 Å². The Kier molecular flexibility index (Phi) is 5.32. The largest absolute Gasteiger partial charge is 0.336 e. The molecule has 0 aromatic heterocycles. The Labute approximate surface area is 151 Å². The second-order valence-electron chi connectivity index (χ2n) is 5.96. The van der Waals surface area contributed by atoms with Crippen LogP contribution in [0.25, 0.3) is 0 Å². The van der Waals surface area contributed by atoms with E-state index < -0.39 is 0 Å². The Morgan fingerprint density at radius 2 is 1.80 bits per heavy atom. The van der Waals surface area contributed by atoms with E-state index in [1.54, 1.807) is 41.3 Å². The number of rotatable bonds is 3. The van der Waals surface area contributed by atoms with Gasteiger partial charge < -0.3 is 4.90 Å². The van der Waals surface area contributed by atoms with Crippen LogP contribution in [-0.4, -0.2) is 41.9 Å². The van der Waals surface area contributed by atoms with Crippen molar-refractivity contribution in [3.8, 4) is 6.07 Å². The summed E-state index contributed by atoms with van der Waals surface area (Å²) < 4.78 is 13.9. The Morgan fingerprint density at radius 3 is 2.40 bits per heavy atom. The Balaban J connectivity index is 1.60. The molecular weight excluding hydrogens is 341 g/mol. The quantitative estimate of drug-likeness (QED) is 0.846. The Hall–Kier alpha value is -2.42. The molecule has 2 aromatic carbocycles. The molecule has 25 heavy (non-hydrogen) atoms. The molecule has 1 amide bonds. The first kappa shape index (κ1) is 17.4. The van der Waals surface area contributed by atoms with Crippen LogP contribution in [-0.2, 0) is 6.54 Å². The molecule has 0 radical (unpaired) electrons. The van der Waals surface area contributed by atoms with Crippen LogP contribution in [0.2, 0.25) is 5.02 Å². The van der Waals surface area contributed by atoms with Crippen molar-refractivity contribution >= 4 is 17.5 Å². The SMILES string of the molecule is N#Cc1ccc(C(=O)N2CCN(Cc3c(F)cccc3Cl)CC2)cc1. The summed E-state index contributed by atoms with van der Waals surface area (Å²) >= 11 is 6.08. The number of hydrogen-bond acceptors (Lipinski definition) is 3. The summed E-state index contributed by atoms with van der Waals surface area (Å²) in [6.07, 6.45) is 0. The molecular formula is C19H17ClFN3O. The van der Waals surface area contributed by atoms with Crippen LogP contribution in [0.4, 0.5) is 4.39 Å². The lowest BCUT2D eigenvalue weighted by molar-refractivity contribution is 0.0627. The predicted molar refractivity (Wildman–Crippen MR) is 93.7 cm³/mol. The van der Waals surface area contributed by atoms with Crippen LogP contribution in [0.1, 0.15) is 21.5 Å². The molecule has 1 fully saturated rings. The second-order valence-corrected chi connectivity index (χ2v) is 6.36. The summed E-state index contributed by atoms with van der Waals surface area (Å²) in [4.78, 5) is 16.4. The molecule has 0 bridgehead atoms. The van der Waals surface area contributed by atoms with Crippen molar-refractivity contribution in [3.05, 3.63) is 70.0 Å². The van der Waals surface area contributed by atoms with Gasteiger partial charge >= 0.3 is 0 Å². The molecule has 1 saturated heterocycles. The van der Waals surface area contributed by atoms with Crippen molar-refractivity contribution in [3.63, 3.8) is 0 Å². The summed E-state index contributed by atoms with van der Waals surface area (Å²) in [5, 5.41) is 9.25. The topological polar surface area (TPSA) is 47.3 Å². The van der Waals surface area contributed by atoms with Gasteiger partial charge in [-0.2, -0.15) is 5.26 Å². The van der Waals surface area contributed by atoms with Gasteiger partial charge in [0.2, 0.25) is 0 Å². The molecule has 0 atom stereocenters. The van der Waals surface area contributed by atoms with E-state index in [4.69, 9.17) is 16.9 Å². The molecule has 0 saturated carbocycles. The molecule has 6 heteroatoms. The van der Waals surface area contributed by atoms with Crippen molar-refractivity contribution in [1.29, 1.82) is 5.26 Å². The van der Waals surface area contributed by atoms with Gasteiger partial charge in [0.15, 0.2) is 0 Å². The van der Waals surface area contributed by atoms with Gasteiger partial charge in [-0.3, -0.25) is 9.69 Å². The van der Waals surface area contributed by atoms with Crippen molar-refractivity contribution in [2.75, 3.05) is 26.2 Å². The zero-order valence-corrected chi connectivity index (χ0v) is 14.3. The van der Waals surface area contributed by atoms with Crippen LogP contribution in [0.3, 0.4) is 0 Å². The molecule has 128 valence electrons. The highest BCUT2D eigenvalue weighted by Crippen LogP contribution is 2.21. The lowest BCUT2D eigenvalue weighted by atomic mass is 10.1. The first-order chi connectivity index (χ1) is 12.1. The minimum atomic E-state index is -0.302. The number of carbonyl (C=O) groups is 1. The monoisotopic (exact) mass is 357 g/mol. The van der Waals surface area contributed by atoms with Gasteiger partial charge in [0.05, 0.1) is 11.6 Å². The molecule has 1 aliphatic heterocycles. The van der Waals surface area contributed by atoms with Crippen LogP contribution in [0.5, 0.6) is 0 Å². The van der Waals surface area contributed by atoms with Gasteiger partial charge in [-0.1, -0.05) is 17.7 Å². The van der Waals surface area contributed by atoms with Gasteiger partial charge in [-0.25, -0.2) is 4.39 Å². The molecule has 1 heterocycles. The fourth-order valence-corrected chi connectivity index (χ4v) is 3.11. The van der Waals surface area contributed by atoms with E-state index in [1.807, 2.05) is 6.07 Å². The number of halogens is 2. The summed E-state index contributed by atoms with van der Waals surface area (Å²) in [6, 6.07) is 13.4. The zero-order chi connectivity index (χ0) is 17.8. The van der Waals surface area contributed by atoms with E-state index in [0.29, 0.717) is 54.4 Å². The number of amides is 1. The predicted octanol–water partition coefficient (Wildman–Crippen LogP) is 3.31. The molecule has 0 N–H and O–H groups in total. The minimum Gasteiger partial charge on any atom is -0.336 e. The van der Waals surface area contributed by atoms with Crippen LogP contribution in [0, 0.1) is 17.1 Å². The van der Waals surface area contributed by atoms with Crippen molar-refractivity contribution in [2.24, 2.45) is 0 Å². The van der Waals surface area contributed by atoms with Gasteiger partial charge in [-0.05, 0) is 36.4 Å². The standard InChI is InChI=1S/C19H17ClFN3O/c20-17-2-1-3-18(21)16(17)13-23-8-10-24(11-9-23)19(25)15-6-4-14(12-22)5-7-15/h1-7H,8-11,13H2. The van der Waals surface area contributed by atoms with E-state index in [0.717, 1.165) is 0 Å². The van der Waals surface area contributed by atoms with Gasteiger partial charge in [-0.15, -0.1) is 0 Å². The Bertz CT molecular complexity index is 788. The van der Waals surface area contributed by atoms with Gasteiger partial charge in [0.25, 0.3) is 5.91 Å². The molecule has 3 rings (SSSR count). The van der Waals surface area contributed by atoms with E-state index in [1.165, 1.54) is 6.07 Å². The first-order valence-electron chi connectivity index (χ1n) is 8.03. The number of benzene rings is 2. The number of piperazine rings is 1. The van der Waals surface area contributed by atoms with Crippen LogP contribution in [0.15, 0.2) is 42.5 Å². The van der Waals surface area contributed by atoms with E-state index in [2.05, 4.69) is 4.90 Å².